The molecule has 1 aliphatic carbocycles. The molecule has 1 aliphatic rings. The molecule has 1 saturated carbocycles. The van der Waals surface area contributed by atoms with Gasteiger partial charge in [-0.15, -0.1) is 0 Å². The summed E-state index contributed by atoms with van der Waals surface area (Å²) in [5, 5.41) is 11.9. The van der Waals surface area contributed by atoms with E-state index in [1.54, 1.807) is 0 Å². The Kier molecular flexibility index (Phi) is 7.22. The predicted octanol–water partition coefficient (Wildman–Crippen LogP) is 5.13. The van der Waals surface area contributed by atoms with Crippen molar-refractivity contribution in [2.75, 3.05) is 19.0 Å². The van der Waals surface area contributed by atoms with Crippen molar-refractivity contribution in [3.63, 3.8) is 0 Å². The van der Waals surface area contributed by atoms with Gasteiger partial charge in [-0.3, -0.25) is 4.68 Å². The molecule has 0 radical (unpaired) electrons. The van der Waals surface area contributed by atoms with Crippen LogP contribution in [0.15, 0.2) is 53.2 Å². The number of carbonyl (C=O) groups is 1. The lowest BCUT2D eigenvalue weighted by molar-refractivity contribution is -0.174. The number of aryl methyl sites for hydroxylation is 1. The second-order valence-corrected chi connectivity index (χ2v) is 10.9. The van der Waals surface area contributed by atoms with Gasteiger partial charge < -0.3 is 19.3 Å². The molecule has 0 unspecified atom stereocenters. The summed E-state index contributed by atoms with van der Waals surface area (Å²) in [5.41, 5.74) is 3.47. The van der Waals surface area contributed by atoms with Gasteiger partial charge in [-0.05, 0) is 70.2 Å². The van der Waals surface area contributed by atoms with Gasteiger partial charge in [0, 0.05) is 24.5 Å². The smallest absolute Gasteiger partial charge is 0.332 e. The number of rotatable bonds is 9. The van der Waals surface area contributed by atoms with Crippen molar-refractivity contribution < 1.29 is 18.8 Å². The first-order valence-corrected chi connectivity index (χ1v) is 13.1. The maximum Gasteiger partial charge on any atom is 0.332 e. The lowest BCUT2D eigenvalue weighted by Crippen LogP contribution is -2.39. The lowest BCUT2D eigenvalue weighted by atomic mass is 9.74. The average molecular weight is 531 g/mol. The van der Waals surface area contributed by atoms with E-state index in [1.165, 1.54) is 0 Å². The number of aromatic nitrogens is 5. The van der Waals surface area contributed by atoms with Gasteiger partial charge in [-0.25, -0.2) is 9.78 Å². The minimum Gasteiger partial charge on any atom is -0.458 e. The van der Waals surface area contributed by atoms with Crippen molar-refractivity contribution in [3.8, 4) is 23.0 Å². The number of ether oxygens (including phenoxy) is 2. The van der Waals surface area contributed by atoms with E-state index in [0.29, 0.717) is 24.0 Å². The highest BCUT2D eigenvalue weighted by Crippen LogP contribution is 2.45. The van der Waals surface area contributed by atoms with E-state index in [0.717, 1.165) is 47.5 Å². The minimum atomic E-state index is -0.536. The zero-order chi connectivity index (χ0) is 27.6. The first-order chi connectivity index (χ1) is 18.6. The highest BCUT2D eigenvalue weighted by molar-refractivity contribution is 5.71. The summed E-state index contributed by atoms with van der Waals surface area (Å²) in [7, 11) is 1.84. The normalized spacial score (nSPS) is 14.6. The second kappa shape index (κ2) is 10.6. The van der Waals surface area contributed by atoms with Gasteiger partial charge in [0.2, 0.25) is 5.82 Å². The number of benzene rings is 1. The Hall–Kier alpha value is -4.05. The third kappa shape index (κ3) is 6.01. The fourth-order valence-electron chi connectivity index (χ4n) is 4.56. The third-order valence-electron chi connectivity index (χ3n) is 6.76. The van der Waals surface area contributed by atoms with Gasteiger partial charge in [0.25, 0.3) is 5.89 Å². The highest BCUT2D eigenvalue weighted by atomic mass is 16.6. The summed E-state index contributed by atoms with van der Waals surface area (Å²) >= 11 is 0. The van der Waals surface area contributed by atoms with E-state index < -0.39 is 11.2 Å². The third-order valence-corrected chi connectivity index (χ3v) is 6.76. The molecule has 39 heavy (non-hydrogen) atoms. The van der Waals surface area contributed by atoms with E-state index in [9.17, 15) is 4.79 Å². The monoisotopic (exact) mass is 530 g/mol. The first kappa shape index (κ1) is 26.6. The van der Waals surface area contributed by atoms with Crippen LogP contribution in [-0.2, 0) is 26.4 Å². The summed E-state index contributed by atoms with van der Waals surface area (Å²) < 4.78 is 18.9. The van der Waals surface area contributed by atoms with Crippen LogP contribution in [0.1, 0.15) is 56.9 Å². The molecule has 10 heteroatoms. The standard InChI is InChI=1S/C29H34N6O4/c1-19-15-23(33-35(19)17-20-7-12-24(30-5)31-16-20)27-32-26(34-39-27)21-8-10-22(11-9-21)29(13-6-14-29)37-18-25(36)38-28(2,3)4/h7-12,15-16H,6,13-14,17-18H2,1-5H3,(H,30,31). The zero-order valence-corrected chi connectivity index (χ0v) is 23.0. The van der Waals surface area contributed by atoms with Crippen molar-refractivity contribution >= 4 is 11.8 Å². The van der Waals surface area contributed by atoms with E-state index in [4.69, 9.17) is 14.0 Å². The molecule has 4 aromatic rings. The number of nitrogens with zero attached hydrogens (tertiary/aromatic N) is 5. The molecule has 0 atom stereocenters. The molecule has 10 nitrogen and oxygen atoms in total. The van der Waals surface area contributed by atoms with Crippen molar-refractivity contribution in [2.24, 2.45) is 0 Å². The Balaban J connectivity index is 1.26. The Bertz CT molecular complexity index is 1430. The summed E-state index contributed by atoms with van der Waals surface area (Å²) in [6.45, 7) is 8.05. The molecular weight excluding hydrogens is 496 g/mol. The second-order valence-electron chi connectivity index (χ2n) is 10.9. The SMILES string of the molecule is CNc1ccc(Cn2nc(-c3nc(-c4ccc(C5(OCC(=O)OC(C)(C)C)CCC5)cc4)no3)cc2C)cn1. The molecule has 1 aromatic carbocycles. The molecule has 1 N–H and O–H groups in total. The molecule has 3 heterocycles. The van der Waals surface area contributed by atoms with Gasteiger partial charge in [0.15, 0.2) is 5.69 Å². The molecule has 0 aliphatic heterocycles. The average Bonchev–Trinajstić information content (AvgIpc) is 3.50. The maximum atomic E-state index is 12.2. The van der Waals surface area contributed by atoms with Crippen molar-refractivity contribution in [1.82, 2.24) is 24.9 Å². The Morgan fingerprint density at radius 2 is 1.92 bits per heavy atom. The molecule has 5 rings (SSSR count). The Morgan fingerprint density at radius 1 is 1.15 bits per heavy atom. The molecular formula is C29H34N6O4. The fourth-order valence-corrected chi connectivity index (χ4v) is 4.56. The summed E-state index contributed by atoms with van der Waals surface area (Å²) in [5.74, 6) is 1.30. The van der Waals surface area contributed by atoms with Crippen LogP contribution >= 0.6 is 0 Å². The van der Waals surface area contributed by atoms with Crippen molar-refractivity contribution in [1.29, 1.82) is 0 Å². The van der Waals surface area contributed by atoms with Crippen LogP contribution in [-0.4, -0.2) is 50.1 Å². The minimum absolute atomic E-state index is 0.0724. The largest absolute Gasteiger partial charge is 0.458 e. The molecule has 3 aromatic heterocycles. The summed E-state index contributed by atoms with van der Waals surface area (Å²) in [6, 6.07) is 13.8. The predicted molar refractivity (Wildman–Crippen MR) is 146 cm³/mol. The zero-order valence-electron chi connectivity index (χ0n) is 23.0. The van der Waals surface area contributed by atoms with E-state index >= 15 is 0 Å². The number of hydrogen-bond donors (Lipinski definition) is 1. The van der Waals surface area contributed by atoms with Crippen LogP contribution < -0.4 is 5.32 Å². The van der Waals surface area contributed by atoms with Crippen molar-refractivity contribution in [2.45, 2.75) is 64.7 Å². The molecule has 204 valence electrons. The van der Waals surface area contributed by atoms with Crippen LogP contribution in [0.25, 0.3) is 23.0 Å². The van der Waals surface area contributed by atoms with Crippen LogP contribution in [0.5, 0.6) is 0 Å². The maximum absolute atomic E-state index is 12.2. The van der Waals surface area contributed by atoms with Gasteiger partial charge in [0.05, 0.1) is 12.1 Å². The lowest BCUT2D eigenvalue weighted by Gasteiger charge is -2.42. The summed E-state index contributed by atoms with van der Waals surface area (Å²) in [4.78, 5) is 21.1. The fraction of sp³-hybridized carbons (Fsp3) is 0.414. The van der Waals surface area contributed by atoms with Crippen LogP contribution in [0, 0.1) is 6.92 Å². The van der Waals surface area contributed by atoms with Crippen LogP contribution in [0.2, 0.25) is 0 Å². The van der Waals surface area contributed by atoms with Gasteiger partial charge >= 0.3 is 5.97 Å². The number of hydrogen-bond acceptors (Lipinski definition) is 9. The van der Waals surface area contributed by atoms with Gasteiger partial charge in [0.1, 0.15) is 18.0 Å². The quantitative estimate of drug-likeness (QED) is 0.294. The Morgan fingerprint density at radius 3 is 2.54 bits per heavy atom. The molecule has 0 bridgehead atoms. The first-order valence-electron chi connectivity index (χ1n) is 13.1. The van der Waals surface area contributed by atoms with Gasteiger partial charge in [-0.2, -0.15) is 10.1 Å². The van der Waals surface area contributed by atoms with Crippen LogP contribution in [0.3, 0.4) is 0 Å². The van der Waals surface area contributed by atoms with Gasteiger partial charge in [-0.1, -0.05) is 35.5 Å². The number of esters is 1. The number of anilines is 1. The highest BCUT2D eigenvalue weighted by Gasteiger charge is 2.40. The number of carbonyl (C=O) groups excluding carboxylic acids is 1. The number of pyridine rings is 1. The molecule has 0 amide bonds. The van der Waals surface area contributed by atoms with E-state index in [2.05, 4.69) is 25.5 Å². The molecule has 1 fully saturated rings. The number of nitrogens with one attached hydrogen (secondary N) is 1. The molecule has 0 saturated heterocycles. The van der Waals surface area contributed by atoms with Crippen LogP contribution in [0.4, 0.5) is 5.82 Å². The summed E-state index contributed by atoms with van der Waals surface area (Å²) in [6.07, 6.45) is 4.60. The topological polar surface area (TPSA) is 117 Å². The Labute approximate surface area is 227 Å². The van der Waals surface area contributed by atoms with Crippen molar-refractivity contribution in [3.05, 3.63) is 65.5 Å². The van der Waals surface area contributed by atoms with E-state index in [-0.39, 0.29) is 12.6 Å². The van der Waals surface area contributed by atoms with E-state index in [1.807, 2.05) is 88.1 Å². The molecule has 0 spiro atoms.